The van der Waals surface area contributed by atoms with Gasteiger partial charge in [-0.05, 0) is 31.9 Å². The van der Waals surface area contributed by atoms with E-state index in [0.29, 0.717) is 11.8 Å². The summed E-state index contributed by atoms with van der Waals surface area (Å²) in [6.45, 7) is 8.26. The van der Waals surface area contributed by atoms with Crippen molar-refractivity contribution in [3.05, 3.63) is 18.3 Å². The average Bonchev–Trinajstić information content (AvgIpc) is 2.26. The third kappa shape index (κ3) is 4.43. The Morgan fingerprint density at radius 2 is 2.06 bits per heavy atom. The lowest BCUT2D eigenvalue weighted by Gasteiger charge is -2.22. The van der Waals surface area contributed by atoms with Crippen molar-refractivity contribution in [2.24, 2.45) is 5.92 Å². The van der Waals surface area contributed by atoms with Crippen molar-refractivity contribution >= 4 is 17.4 Å². The van der Waals surface area contributed by atoms with Gasteiger partial charge in [0.1, 0.15) is 0 Å². The summed E-state index contributed by atoms with van der Waals surface area (Å²) >= 11 is 5.94. The zero-order valence-electron chi connectivity index (χ0n) is 10.9. The number of anilines is 1. The maximum absolute atomic E-state index is 5.94. The molecule has 0 aliphatic heterocycles. The molecule has 0 aliphatic carbocycles. The van der Waals surface area contributed by atoms with Crippen LogP contribution in [-0.4, -0.2) is 23.0 Å². The van der Waals surface area contributed by atoms with Crippen molar-refractivity contribution in [1.82, 2.24) is 4.98 Å². The van der Waals surface area contributed by atoms with Gasteiger partial charge in [0.2, 0.25) is 0 Å². The number of nitrogens with one attached hydrogen (secondary N) is 1. The van der Waals surface area contributed by atoms with Crippen LogP contribution in [-0.2, 0) is 0 Å². The normalized spacial score (nSPS) is 12.9. The summed E-state index contributed by atoms with van der Waals surface area (Å²) in [5, 5.41) is 3.33. The first-order valence-electron chi connectivity index (χ1n) is 5.98. The van der Waals surface area contributed by atoms with Crippen LogP contribution >= 0.6 is 11.6 Å². The van der Waals surface area contributed by atoms with E-state index < -0.39 is 0 Å². The molecule has 1 aromatic rings. The van der Waals surface area contributed by atoms with Crippen LogP contribution in [0.1, 0.15) is 27.7 Å². The Hall–Kier alpha value is -0.960. The maximum atomic E-state index is 5.94. The minimum absolute atomic E-state index is 0.133. The summed E-state index contributed by atoms with van der Waals surface area (Å²) in [4.78, 5) is 4.31. The molecule has 0 saturated heterocycles. The topological polar surface area (TPSA) is 34.1 Å². The van der Waals surface area contributed by atoms with Gasteiger partial charge in [-0.15, -0.1) is 11.6 Å². The van der Waals surface area contributed by atoms with Crippen molar-refractivity contribution in [3.63, 3.8) is 0 Å². The highest BCUT2D eigenvalue weighted by Crippen LogP contribution is 2.24. The first-order chi connectivity index (χ1) is 8.04. The van der Waals surface area contributed by atoms with E-state index in [1.165, 1.54) is 0 Å². The molecule has 96 valence electrons. The summed E-state index contributed by atoms with van der Waals surface area (Å²) in [5.74, 6) is 2.54. The van der Waals surface area contributed by atoms with Crippen molar-refractivity contribution in [2.75, 3.05) is 11.2 Å². The lowest BCUT2D eigenvalue weighted by molar-refractivity contribution is 0.242. The third-order valence-corrected chi connectivity index (χ3v) is 2.76. The number of hydrogen-bond acceptors (Lipinski definition) is 3. The van der Waals surface area contributed by atoms with E-state index in [-0.39, 0.29) is 12.1 Å². The number of aromatic nitrogens is 1. The third-order valence-electron chi connectivity index (χ3n) is 2.43. The molecular formula is C13H21ClN2O. The van der Waals surface area contributed by atoms with Gasteiger partial charge < -0.3 is 10.1 Å². The zero-order chi connectivity index (χ0) is 12.8. The molecule has 1 heterocycles. The zero-order valence-corrected chi connectivity index (χ0v) is 11.7. The van der Waals surface area contributed by atoms with Crippen LogP contribution in [0.2, 0.25) is 0 Å². The van der Waals surface area contributed by atoms with Crippen LogP contribution in [0.25, 0.3) is 0 Å². The van der Waals surface area contributed by atoms with E-state index in [4.69, 9.17) is 16.3 Å². The molecule has 3 nitrogen and oxygen atoms in total. The maximum Gasteiger partial charge on any atom is 0.169 e. The van der Waals surface area contributed by atoms with Crippen LogP contribution in [0.5, 0.6) is 5.75 Å². The minimum Gasteiger partial charge on any atom is -0.487 e. The SMILES string of the molecule is CC(C)Oc1cccnc1NC(CCl)C(C)C. The molecule has 1 atom stereocenters. The Morgan fingerprint density at radius 3 is 2.59 bits per heavy atom. The molecule has 0 aromatic carbocycles. The van der Waals surface area contributed by atoms with Crippen molar-refractivity contribution in [3.8, 4) is 5.75 Å². The average molecular weight is 257 g/mol. The lowest BCUT2D eigenvalue weighted by Crippen LogP contribution is -2.28. The number of hydrogen-bond donors (Lipinski definition) is 1. The van der Waals surface area contributed by atoms with Gasteiger partial charge in [-0.1, -0.05) is 13.8 Å². The molecule has 1 N–H and O–H groups in total. The van der Waals surface area contributed by atoms with Crippen molar-refractivity contribution in [1.29, 1.82) is 0 Å². The first kappa shape index (κ1) is 14.1. The van der Waals surface area contributed by atoms with Crippen LogP contribution < -0.4 is 10.1 Å². The summed E-state index contributed by atoms with van der Waals surface area (Å²) in [7, 11) is 0. The second kappa shape index (κ2) is 6.70. The van der Waals surface area contributed by atoms with E-state index in [9.17, 15) is 0 Å². The van der Waals surface area contributed by atoms with E-state index in [2.05, 4.69) is 24.1 Å². The number of rotatable bonds is 6. The molecule has 0 aliphatic rings. The molecule has 0 fully saturated rings. The first-order valence-corrected chi connectivity index (χ1v) is 6.52. The fourth-order valence-corrected chi connectivity index (χ4v) is 1.84. The lowest BCUT2D eigenvalue weighted by atomic mass is 10.1. The molecule has 4 heteroatoms. The molecule has 0 radical (unpaired) electrons. The largest absolute Gasteiger partial charge is 0.487 e. The number of ether oxygens (including phenoxy) is 1. The van der Waals surface area contributed by atoms with Gasteiger partial charge in [-0.25, -0.2) is 4.98 Å². The van der Waals surface area contributed by atoms with Gasteiger partial charge in [-0.2, -0.15) is 0 Å². The molecule has 0 saturated carbocycles. The van der Waals surface area contributed by atoms with E-state index in [1.54, 1.807) is 6.20 Å². The number of pyridine rings is 1. The Labute approximate surface area is 109 Å². The predicted molar refractivity (Wildman–Crippen MR) is 73.0 cm³/mol. The predicted octanol–water partition coefficient (Wildman–Crippen LogP) is 3.54. The van der Waals surface area contributed by atoms with Crippen LogP contribution in [0.4, 0.5) is 5.82 Å². The summed E-state index contributed by atoms with van der Waals surface area (Å²) in [5.41, 5.74) is 0. The van der Waals surface area contributed by atoms with Gasteiger partial charge >= 0.3 is 0 Å². The highest BCUT2D eigenvalue weighted by Gasteiger charge is 2.15. The van der Waals surface area contributed by atoms with E-state index >= 15 is 0 Å². The Kier molecular flexibility index (Phi) is 5.56. The Morgan fingerprint density at radius 1 is 1.35 bits per heavy atom. The van der Waals surface area contributed by atoms with Gasteiger partial charge in [0, 0.05) is 18.1 Å². The quantitative estimate of drug-likeness (QED) is 0.791. The highest BCUT2D eigenvalue weighted by molar-refractivity contribution is 6.18. The molecule has 1 aromatic heterocycles. The van der Waals surface area contributed by atoms with E-state index in [0.717, 1.165) is 11.6 Å². The van der Waals surface area contributed by atoms with E-state index in [1.807, 2.05) is 26.0 Å². The van der Waals surface area contributed by atoms with Gasteiger partial charge in [0.05, 0.1) is 6.10 Å². The fourth-order valence-electron chi connectivity index (χ4n) is 1.41. The summed E-state index contributed by atoms with van der Waals surface area (Å²) in [6.07, 6.45) is 1.88. The van der Waals surface area contributed by atoms with Gasteiger partial charge in [0.25, 0.3) is 0 Å². The molecule has 17 heavy (non-hydrogen) atoms. The van der Waals surface area contributed by atoms with Crippen molar-refractivity contribution < 1.29 is 4.74 Å². The van der Waals surface area contributed by atoms with Gasteiger partial charge in [-0.3, -0.25) is 0 Å². The highest BCUT2D eigenvalue weighted by atomic mass is 35.5. The second-order valence-corrected chi connectivity index (χ2v) is 4.97. The van der Waals surface area contributed by atoms with Crippen LogP contribution in [0.3, 0.4) is 0 Å². The Bertz CT molecular complexity index is 342. The fraction of sp³-hybridized carbons (Fsp3) is 0.615. The number of alkyl halides is 1. The second-order valence-electron chi connectivity index (χ2n) is 4.67. The minimum atomic E-state index is 0.133. The number of nitrogens with zero attached hydrogens (tertiary/aromatic N) is 1. The van der Waals surface area contributed by atoms with Crippen LogP contribution in [0, 0.1) is 5.92 Å². The smallest absolute Gasteiger partial charge is 0.169 e. The molecule has 1 rings (SSSR count). The van der Waals surface area contributed by atoms with Crippen LogP contribution in [0.15, 0.2) is 18.3 Å². The summed E-state index contributed by atoms with van der Waals surface area (Å²) < 4.78 is 5.70. The van der Waals surface area contributed by atoms with Gasteiger partial charge in [0.15, 0.2) is 11.6 Å². The van der Waals surface area contributed by atoms with Crippen molar-refractivity contribution in [2.45, 2.75) is 39.8 Å². The standard InChI is InChI=1S/C13H21ClN2O/c1-9(2)11(8-14)16-13-12(17-10(3)4)6-5-7-15-13/h5-7,9-11H,8H2,1-4H3,(H,15,16). The molecule has 0 bridgehead atoms. The number of halogens is 1. The molecule has 0 amide bonds. The Balaban J connectivity index is 2.82. The monoisotopic (exact) mass is 256 g/mol. The molecule has 0 spiro atoms. The summed E-state index contributed by atoms with van der Waals surface area (Å²) in [6, 6.07) is 3.98. The molecule has 1 unspecified atom stereocenters. The molecular weight excluding hydrogens is 236 g/mol.